The molecule has 10 atom stereocenters. The molecule has 0 bridgehead atoms. The van der Waals surface area contributed by atoms with Crippen LogP contribution in [0, 0.1) is 11.8 Å². The third kappa shape index (κ3) is 17.4. The van der Waals surface area contributed by atoms with Crippen LogP contribution < -0.4 is 21.3 Å². The quantitative estimate of drug-likeness (QED) is 0.203. The third-order valence-corrected chi connectivity index (χ3v) is 14.1. The second-order valence-corrected chi connectivity index (χ2v) is 22.4. The molecule has 2 unspecified atom stereocenters. The predicted molar refractivity (Wildman–Crippen MR) is 284 cm³/mol. The van der Waals surface area contributed by atoms with E-state index < -0.39 is 132 Å². The van der Waals surface area contributed by atoms with Crippen LogP contribution in [0.4, 0.5) is 0 Å². The summed E-state index contributed by atoms with van der Waals surface area (Å²) in [6.45, 7) is 18.1. The summed E-state index contributed by atoms with van der Waals surface area (Å²) in [5, 5.41) is 21.5. The number of carbonyl (C=O) groups excluding carboxylic acids is 10. The van der Waals surface area contributed by atoms with Gasteiger partial charge in [0.05, 0.1) is 18.3 Å². The van der Waals surface area contributed by atoms with Gasteiger partial charge in [0.15, 0.2) is 6.04 Å². The fraction of sp³-hybridized carbons (Fsp3) is 0.704. The lowest BCUT2D eigenvalue weighted by atomic mass is 9.98. The lowest BCUT2D eigenvalue weighted by molar-refractivity contribution is -0.153. The first-order chi connectivity index (χ1) is 35.3. The summed E-state index contributed by atoms with van der Waals surface area (Å²) in [5.41, 5.74) is -0.177. The molecule has 22 heteroatoms. The second-order valence-electron chi connectivity index (χ2n) is 22.4. The number of nitrogens with zero attached hydrogens (tertiary/aromatic N) is 6. The number of ether oxygens (including phenoxy) is 1. The molecule has 0 aliphatic carbocycles. The van der Waals surface area contributed by atoms with E-state index in [0.717, 1.165) is 21.1 Å². The molecular weight excluding hydrogens is 981 g/mol. The van der Waals surface area contributed by atoms with Crippen molar-refractivity contribution >= 4 is 59.1 Å². The summed E-state index contributed by atoms with van der Waals surface area (Å²) in [6, 6.07) is -3.85. The average Bonchev–Trinajstić information content (AvgIpc) is 3.37. The van der Waals surface area contributed by atoms with Gasteiger partial charge in [-0.15, -0.1) is 0 Å². The molecule has 2 fully saturated rings. The van der Waals surface area contributed by atoms with Crippen molar-refractivity contribution in [2.45, 2.75) is 181 Å². The zero-order valence-electron chi connectivity index (χ0n) is 47.8. The number of hydrogen-bond donors (Lipinski definition) is 5. The number of nitrogens with one attached hydrogen (secondary N) is 4. The average molecular weight is 1070 g/mol. The zero-order valence-corrected chi connectivity index (χ0v) is 47.8. The summed E-state index contributed by atoms with van der Waals surface area (Å²) in [4.78, 5) is 152. The van der Waals surface area contributed by atoms with Gasteiger partial charge in [-0.1, -0.05) is 58.0 Å². The molecule has 1 aromatic carbocycles. The summed E-state index contributed by atoms with van der Waals surface area (Å²) >= 11 is 0. The van der Waals surface area contributed by atoms with Gasteiger partial charge in [-0.25, -0.2) is 0 Å². The van der Waals surface area contributed by atoms with Crippen molar-refractivity contribution in [3.05, 3.63) is 35.9 Å². The number of rotatable bonds is 10. The normalized spacial score (nSPS) is 27.1. The van der Waals surface area contributed by atoms with E-state index in [0.29, 0.717) is 31.5 Å². The van der Waals surface area contributed by atoms with Gasteiger partial charge < -0.3 is 60.5 Å². The Morgan fingerprint density at radius 3 is 1.55 bits per heavy atom. The molecule has 2 heterocycles. The molecule has 0 radical (unpaired) electrons. The topological polar surface area (TPSA) is 268 Å². The van der Waals surface area contributed by atoms with Crippen LogP contribution >= 0.6 is 0 Å². The fourth-order valence-electron chi connectivity index (χ4n) is 9.09. The van der Waals surface area contributed by atoms with Gasteiger partial charge in [0.2, 0.25) is 47.3 Å². The summed E-state index contributed by atoms with van der Waals surface area (Å²) in [6.07, 6.45) is 0.762. The van der Waals surface area contributed by atoms with E-state index >= 15 is 0 Å². The van der Waals surface area contributed by atoms with E-state index in [1.165, 1.54) is 77.6 Å². The minimum atomic E-state index is -1.90. The van der Waals surface area contributed by atoms with Crippen LogP contribution in [0.5, 0.6) is 0 Å². The highest BCUT2D eigenvalue weighted by Gasteiger charge is 2.43. The Labute approximate surface area is 449 Å². The first kappa shape index (κ1) is 64.1. The Balaban J connectivity index is 2.28. The molecule has 3 rings (SSSR count). The van der Waals surface area contributed by atoms with Crippen LogP contribution in [0.1, 0.15) is 114 Å². The number of benzene rings is 1. The first-order valence-electron chi connectivity index (χ1n) is 26.5. The third-order valence-electron chi connectivity index (χ3n) is 14.1. The maximum atomic E-state index is 14.9. The van der Waals surface area contributed by atoms with Crippen molar-refractivity contribution in [3.8, 4) is 0 Å². The van der Waals surface area contributed by atoms with Crippen molar-refractivity contribution in [1.29, 1.82) is 0 Å². The molecule has 0 spiro atoms. The summed E-state index contributed by atoms with van der Waals surface area (Å²) in [5.74, 6) is -8.42. The molecule has 0 aromatic heterocycles. The number of piperidine rings is 1. The number of likely N-dealkylation sites (N-methyl/N-ethyl adjacent to an activating group) is 5. The molecular formula is C54H88N10O12. The fourth-order valence-corrected chi connectivity index (χ4v) is 9.09. The Morgan fingerprint density at radius 1 is 0.592 bits per heavy atom. The molecule has 2 aliphatic rings. The lowest BCUT2D eigenvalue weighted by Gasteiger charge is -2.38. The highest BCUT2D eigenvalue weighted by molar-refractivity contribution is 6.09. The van der Waals surface area contributed by atoms with Crippen molar-refractivity contribution in [2.75, 3.05) is 54.9 Å². The molecule has 22 nitrogen and oxygen atoms in total. The number of aliphatic hydroxyl groups is 1. The van der Waals surface area contributed by atoms with Gasteiger partial charge >= 0.3 is 0 Å². The summed E-state index contributed by atoms with van der Waals surface area (Å²) < 4.78 is 5.99. The monoisotopic (exact) mass is 1070 g/mol. The van der Waals surface area contributed by atoms with E-state index in [1.54, 1.807) is 51.1 Å². The molecule has 2 saturated heterocycles. The molecule has 2 aliphatic heterocycles. The highest BCUT2D eigenvalue weighted by atomic mass is 16.5. The largest absolute Gasteiger partial charge is 0.391 e. The number of aliphatic hydroxyl groups excluding tert-OH is 1. The number of likely N-dealkylation sites (tertiary alicyclic amines) is 1. The van der Waals surface area contributed by atoms with E-state index in [2.05, 4.69) is 21.3 Å². The van der Waals surface area contributed by atoms with Gasteiger partial charge in [-0.3, -0.25) is 47.9 Å². The van der Waals surface area contributed by atoms with Gasteiger partial charge in [-0.05, 0) is 98.0 Å². The number of hydrogen-bond acceptors (Lipinski definition) is 12. The Kier molecular flexibility index (Phi) is 23.9. The van der Waals surface area contributed by atoms with E-state index in [9.17, 15) is 53.1 Å². The van der Waals surface area contributed by atoms with Crippen molar-refractivity contribution in [3.63, 3.8) is 0 Å². The first-order valence-corrected chi connectivity index (χ1v) is 26.5. The maximum Gasteiger partial charge on any atom is 0.254 e. The SMILES string of the molecule is CC(C)C[C@H]1C(=O)N[C@@H](COC(C)(C)C)C(=O)NC(C(=O)N2CCCCC2)C(=O)NC(C)C(=O)N(C)[C@@H](C)C(=O)N(C)[C@@H](Cc2ccccc2)C(=O)N(C)[C@@H](CC(C)C)C(=O)N[C@@H]([C@@H](C)O)C(=O)N(C)[C@@H](C)C(=O)N1C. The van der Waals surface area contributed by atoms with E-state index in [-0.39, 0.29) is 31.1 Å². The van der Waals surface area contributed by atoms with Crippen LogP contribution in [-0.2, 0) is 59.1 Å². The molecule has 426 valence electrons. The van der Waals surface area contributed by atoms with Crippen molar-refractivity contribution < 1.29 is 57.8 Å². The molecule has 0 saturated carbocycles. The lowest BCUT2D eigenvalue weighted by Crippen LogP contribution is -2.63. The molecule has 76 heavy (non-hydrogen) atoms. The van der Waals surface area contributed by atoms with Gasteiger partial charge in [-0.2, -0.15) is 0 Å². The van der Waals surface area contributed by atoms with Gasteiger partial charge in [0.1, 0.15) is 48.3 Å². The van der Waals surface area contributed by atoms with Gasteiger partial charge in [0, 0.05) is 54.7 Å². The Morgan fingerprint density at radius 2 is 1.07 bits per heavy atom. The minimum absolute atomic E-state index is 0.0143. The van der Waals surface area contributed by atoms with Crippen LogP contribution in [-0.4, -0.2) is 215 Å². The van der Waals surface area contributed by atoms with Crippen molar-refractivity contribution in [2.24, 2.45) is 11.8 Å². The zero-order chi connectivity index (χ0) is 57.7. The van der Waals surface area contributed by atoms with Crippen LogP contribution in [0.2, 0.25) is 0 Å². The second kappa shape index (κ2) is 28.3. The van der Waals surface area contributed by atoms with Crippen molar-refractivity contribution in [1.82, 2.24) is 50.7 Å². The standard InChI is InChI=1S/C54H88N10O12/c1-31(2)27-39-45(67)56-38(30-76-54(9,10)11)44(66)58-43(53(75)64-25-21-18-22-26-64)47(69)55-33(5)48(70)59(12)34(6)50(72)63(16)41(29-37-23-19-17-20-24-37)51(73)62(15)40(28-32(3)4)46(68)57-42(36(8)65)52(74)60(13)35(7)49(71)61(39)14/h17,19-20,23-24,31-36,38-43,65H,18,21-22,25-30H2,1-16H3,(H,55,69)(H,56,67)(H,57,68)(H,58,66)/t33?,34-,35-,36+,38-,39-,40-,41-,42-,43?/m0/s1. The number of carbonyl (C=O) groups is 10. The van der Waals surface area contributed by atoms with Crippen LogP contribution in [0.25, 0.3) is 0 Å². The Hall–Kier alpha value is -6.16. The predicted octanol–water partition coefficient (Wildman–Crippen LogP) is 0.677. The molecule has 1 aromatic rings. The Bertz CT molecular complexity index is 2210. The minimum Gasteiger partial charge on any atom is -0.391 e. The van der Waals surface area contributed by atoms with E-state index in [4.69, 9.17) is 4.74 Å². The maximum absolute atomic E-state index is 14.9. The summed E-state index contributed by atoms with van der Waals surface area (Å²) in [7, 11) is 6.83. The number of amides is 10. The van der Waals surface area contributed by atoms with Gasteiger partial charge in [0.25, 0.3) is 11.8 Å². The molecule has 5 N–H and O–H groups in total. The smallest absolute Gasteiger partial charge is 0.254 e. The molecule has 10 amide bonds. The van der Waals surface area contributed by atoms with Crippen LogP contribution in [0.3, 0.4) is 0 Å². The van der Waals surface area contributed by atoms with Crippen LogP contribution in [0.15, 0.2) is 30.3 Å². The highest BCUT2D eigenvalue weighted by Crippen LogP contribution is 2.21. The van der Waals surface area contributed by atoms with E-state index in [1.807, 2.05) is 27.7 Å².